The zero-order valence-electron chi connectivity index (χ0n) is 32.2. The van der Waals surface area contributed by atoms with Gasteiger partial charge in [0, 0.05) is 62.6 Å². The second kappa shape index (κ2) is 14.8. The number of methoxy groups -OCH3 is 1. The van der Waals surface area contributed by atoms with Crippen molar-refractivity contribution in [3.05, 3.63) is 0 Å². The lowest BCUT2D eigenvalue weighted by atomic mass is 9.62. The Morgan fingerprint density at radius 1 is 0.440 bits per heavy atom. The van der Waals surface area contributed by atoms with Crippen molar-refractivity contribution in [2.24, 2.45) is 53.3 Å². The molecule has 0 radical (unpaired) electrons. The highest BCUT2D eigenvalue weighted by molar-refractivity contribution is 5.15. The van der Waals surface area contributed by atoms with E-state index in [2.05, 4.69) is 20.4 Å². The number of hydrogen-bond acceptors (Lipinski definition) is 5. The molecule has 0 bridgehead atoms. The van der Waals surface area contributed by atoms with Gasteiger partial charge >= 0.3 is 0 Å². The van der Waals surface area contributed by atoms with Gasteiger partial charge in [-0.05, 0) is 182 Å². The molecule has 10 aliphatic rings. The van der Waals surface area contributed by atoms with Crippen molar-refractivity contribution in [1.29, 1.82) is 0 Å². The first-order valence-corrected chi connectivity index (χ1v) is 23.2. The highest BCUT2D eigenvalue weighted by Crippen LogP contribution is 2.60. The molecule has 0 amide bonds. The minimum atomic E-state index is 0.545. The summed E-state index contributed by atoms with van der Waals surface area (Å²) >= 11 is 0. The molecule has 7 aliphatic carbocycles. The minimum absolute atomic E-state index is 0.545. The summed E-state index contributed by atoms with van der Waals surface area (Å²) < 4.78 is 5.84. The van der Waals surface area contributed by atoms with E-state index in [1.807, 2.05) is 7.11 Å². The van der Waals surface area contributed by atoms with E-state index in [1.54, 1.807) is 25.7 Å². The summed E-state index contributed by atoms with van der Waals surface area (Å²) in [7, 11) is 1.96. The molecule has 12 unspecified atom stereocenters. The maximum atomic E-state index is 5.84. The molecule has 3 saturated heterocycles. The molecule has 10 rings (SSSR count). The zero-order chi connectivity index (χ0) is 33.2. The fraction of sp³-hybridized carbons (Fsp3) is 1.00. The van der Waals surface area contributed by atoms with Gasteiger partial charge in [0.05, 0.1) is 6.10 Å². The Bertz CT molecular complexity index is 1130. The summed E-state index contributed by atoms with van der Waals surface area (Å²) in [6.45, 7) is 2.30. The van der Waals surface area contributed by atoms with Crippen LogP contribution in [0, 0.1) is 53.3 Å². The molecule has 2 N–H and O–H groups in total. The Morgan fingerprint density at radius 2 is 1.04 bits per heavy atom. The van der Waals surface area contributed by atoms with Crippen molar-refractivity contribution < 1.29 is 4.74 Å². The number of fused-ring (bicyclic) bond motifs is 7. The number of rotatable bonds is 5. The maximum absolute atomic E-state index is 5.84. The zero-order valence-corrected chi connectivity index (χ0v) is 32.2. The average molecular weight is 689 g/mol. The molecule has 50 heavy (non-hydrogen) atoms. The molecule has 0 aromatic heterocycles. The van der Waals surface area contributed by atoms with Gasteiger partial charge in [-0.25, -0.2) is 0 Å². The van der Waals surface area contributed by atoms with Crippen LogP contribution in [0.4, 0.5) is 0 Å². The summed E-state index contributed by atoms with van der Waals surface area (Å²) in [5, 5.41) is 7.46. The van der Waals surface area contributed by atoms with E-state index in [9.17, 15) is 0 Å². The van der Waals surface area contributed by atoms with E-state index >= 15 is 0 Å². The molecule has 12 atom stereocenters. The third-order valence-electron chi connectivity index (χ3n) is 18.8. The number of nitrogens with one attached hydrogen (secondary N) is 2. The molecule has 7 saturated carbocycles. The van der Waals surface area contributed by atoms with Gasteiger partial charge in [-0.15, -0.1) is 0 Å². The van der Waals surface area contributed by atoms with Crippen LogP contribution < -0.4 is 10.6 Å². The summed E-state index contributed by atoms with van der Waals surface area (Å²) in [4.78, 5) is 6.72. The monoisotopic (exact) mass is 689 g/mol. The second-order valence-electron chi connectivity index (χ2n) is 20.6. The van der Waals surface area contributed by atoms with Crippen molar-refractivity contribution in [2.45, 2.75) is 209 Å². The smallest absolute Gasteiger partial charge is 0.0571 e. The Hall–Kier alpha value is -0.200. The number of hydrogen-bond donors (Lipinski definition) is 2. The first-order valence-electron chi connectivity index (χ1n) is 23.2. The summed E-state index contributed by atoms with van der Waals surface area (Å²) in [6, 6.07) is 6.29. The van der Waals surface area contributed by atoms with Crippen molar-refractivity contribution in [2.75, 3.05) is 20.3 Å². The van der Waals surface area contributed by atoms with E-state index in [0.29, 0.717) is 6.10 Å². The lowest BCUT2D eigenvalue weighted by molar-refractivity contribution is 0.00328. The third-order valence-corrected chi connectivity index (χ3v) is 18.8. The van der Waals surface area contributed by atoms with Gasteiger partial charge in [0.2, 0.25) is 0 Å². The van der Waals surface area contributed by atoms with Crippen molar-refractivity contribution >= 4 is 0 Å². The molecule has 0 aromatic carbocycles. The van der Waals surface area contributed by atoms with E-state index in [4.69, 9.17) is 4.74 Å². The summed E-state index contributed by atoms with van der Waals surface area (Å²) in [5.74, 6) is 8.97. The van der Waals surface area contributed by atoms with Crippen LogP contribution in [0.1, 0.15) is 161 Å². The first-order chi connectivity index (χ1) is 24.7. The van der Waals surface area contributed by atoms with Crippen molar-refractivity contribution in [1.82, 2.24) is 20.4 Å². The SMILES string of the molecule is COC1CCC(C2CCC3C(C2)C2CC4C5CCCCC5N(C5CCCCC5)C4CC2N3C2CCC(C3CCC4NCNCC4C3)CC2)CC1. The topological polar surface area (TPSA) is 39.8 Å². The first kappa shape index (κ1) is 34.3. The van der Waals surface area contributed by atoms with E-state index < -0.39 is 0 Å². The fourth-order valence-corrected chi connectivity index (χ4v) is 16.6. The Balaban J connectivity index is 0.888. The largest absolute Gasteiger partial charge is 0.381 e. The maximum Gasteiger partial charge on any atom is 0.0571 e. The number of ether oxygens (including phenoxy) is 1. The predicted molar refractivity (Wildman–Crippen MR) is 204 cm³/mol. The van der Waals surface area contributed by atoms with Gasteiger partial charge in [0.25, 0.3) is 0 Å². The van der Waals surface area contributed by atoms with Crippen LogP contribution in [0.15, 0.2) is 0 Å². The van der Waals surface area contributed by atoms with Crippen LogP contribution in [-0.4, -0.2) is 78.5 Å². The lowest BCUT2D eigenvalue weighted by Crippen LogP contribution is -2.55. The van der Waals surface area contributed by atoms with Crippen LogP contribution in [0.3, 0.4) is 0 Å². The van der Waals surface area contributed by atoms with Crippen LogP contribution in [0.25, 0.3) is 0 Å². The third kappa shape index (κ3) is 6.21. The number of nitrogens with zero attached hydrogens (tertiary/aromatic N) is 2. The highest BCUT2D eigenvalue weighted by atomic mass is 16.5. The lowest BCUT2D eigenvalue weighted by Gasteiger charge is -2.49. The molecular weight excluding hydrogens is 613 g/mol. The van der Waals surface area contributed by atoms with Crippen molar-refractivity contribution in [3.63, 3.8) is 0 Å². The van der Waals surface area contributed by atoms with Gasteiger partial charge in [-0.3, -0.25) is 9.80 Å². The molecule has 5 nitrogen and oxygen atoms in total. The summed E-state index contributed by atoms with van der Waals surface area (Å²) in [6.07, 6.45) is 38.1. The molecule has 10 fully saturated rings. The fourth-order valence-electron chi connectivity index (χ4n) is 16.6. The molecule has 5 heteroatoms. The standard InChI is InChI=1S/C45H76N4O/c1-50-36-19-13-30(14-20-36)32-16-22-43-38(24-32)40-25-39-37-9-5-6-10-42(37)48(34-7-3-2-4-8-34)44(39)26-45(40)49(43)35-17-11-29(12-18-35)31-15-21-41-33(23-31)27-46-28-47-41/h29-47H,2-28H2,1H3. The molecule has 0 spiro atoms. The van der Waals surface area contributed by atoms with Crippen molar-refractivity contribution in [3.8, 4) is 0 Å². The quantitative estimate of drug-likeness (QED) is 0.302. The van der Waals surface area contributed by atoms with Gasteiger partial charge in [-0.1, -0.05) is 32.1 Å². The molecule has 0 aromatic rings. The molecule has 3 aliphatic heterocycles. The van der Waals surface area contributed by atoms with Crippen LogP contribution >= 0.6 is 0 Å². The molecule has 3 heterocycles. The Kier molecular flexibility index (Phi) is 10.2. The molecule has 282 valence electrons. The summed E-state index contributed by atoms with van der Waals surface area (Å²) in [5.41, 5.74) is 0. The van der Waals surface area contributed by atoms with Gasteiger partial charge in [0.1, 0.15) is 0 Å². The number of likely N-dealkylation sites (tertiary alicyclic amines) is 2. The predicted octanol–water partition coefficient (Wildman–Crippen LogP) is 8.76. The minimum Gasteiger partial charge on any atom is -0.381 e. The van der Waals surface area contributed by atoms with E-state index in [1.165, 1.54) is 141 Å². The Morgan fingerprint density at radius 3 is 1.82 bits per heavy atom. The van der Waals surface area contributed by atoms with Gasteiger partial charge in [0.15, 0.2) is 0 Å². The van der Waals surface area contributed by atoms with Gasteiger partial charge < -0.3 is 15.4 Å². The second-order valence-corrected chi connectivity index (χ2v) is 20.6. The highest BCUT2D eigenvalue weighted by Gasteiger charge is 2.61. The van der Waals surface area contributed by atoms with Gasteiger partial charge in [-0.2, -0.15) is 0 Å². The van der Waals surface area contributed by atoms with E-state index in [-0.39, 0.29) is 0 Å². The average Bonchev–Trinajstić information content (AvgIpc) is 3.68. The molecular formula is C45H76N4O. The van der Waals surface area contributed by atoms with Crippen LogP contribution in [0.5, 0.6) is 0 Å². The normalized spacial score (nSPS) is 52.0. The van der Waals surface area contributed by atoms with E-state index in [0.717, 1.165) is 102 Å². The Labute approximate surface area is 306 Å². The van der Waals surface area contributed by atoms with Crippen LogP contribution in [-0.2, 0) is 4.74 Å². The van der Waals surface area contributed by atoms with Crippen LogP contribution in [0.2, 0.25) is 0 Å².